The van der Waals surface area contributed by atoms with Crippen LogP contribution in [0, 0.1) is 11.7 Å². The van der Waals surface area contributed by atoms with Crippen LogP contribution >= 0.6 is 23.2 Å². The lowest BCUT2D eigenvalue weighted by atomic mass is 9.82. The van der Waals surface area contributed by atoms with Crippen molar-refractivity contribution in [1.29, 1.82) is 0 Å². The van der Waals surface area contributed by atoms with Crippen LogP contribution in [0.15, 0.2) is 60.7 Å². The maximum Gasteiger partial charge on any atom is 0.396 e. The number of hydrogen-bond acceptors (Lipinski definition) is 2. The first-order chi connectivity index (χ1) is 16.5. The zero-order chi connectivity index (χ0) is 25.5. The van der Waals surface area contributed by atoms with E-state index in [4.69, 9.17) is 23.2 Å². The van der Waals surface area contributed by atoms with Crippen molar-refractivity contribution in [1.82, 2.24) is 4.90 Å². The van der Waals surface area contributed by atoms with Crippen molar-refractivity contribution in [3.8, 4) is 0 Å². The number of rotatable bonds is 6. The average molecular weight is 524 g/mol. The van der Waals surface area contributed by atoms with Gasteiger partial charge in [-0.15, -0.1) is 0 Å². The molecule has 0 bridgehead atoms. The van der Waals surface area contributed by atoms with Gasteiger partial charge >= 0.3 is 6.18 Å². The maximum atomic E-state index is 14.0. The highest BCUT2D eigenvalue weighted by Crippen LogP contribution is 2.43. The largest absolute Gasteiger partial charge is 0.396 e. The summed E-state index contributed by atoms with van der Waals surface area (Å²) in [5, 5.41) is -0.932. The highest BCUT2D eigenvalue weighted by atomic mass is 35.5. The van der Waals surface area contributed by atoms with Gasteiger partial charge in [-0.25, -0.2) is 4.39 Å². The van der Waals surface area contributed by atoms with Gasteiger partial charge in [-0.1, -0.05) is 66.5 Å². The molecule has 2 unspecified atom stereocenters. The Morgan fingerprint density at radius 1 is 0.857 bits per heavy atom. The number of carbonyl (C=O) groups is 2. The molecule has 0 saturated heterocycles. The van der Waals surface area contributed by atoms with Gasteiger partial charge < -0.3 is 0 Å². The fraction of sp³-hybridized carbons (Fsp3) is 0.231. The summed E-state index contributed by atoms with van der Waals surface area (Å²) in [7, 11) is 0. The van der Waals surface area contributed by atoms with Crippen LogP contribution in [-0.4, -0.2) is 22.9 Å². The topological polar surface area (TPSA) is 37.4 Å². The van der Waals surface area contributed by atoms with Gasteiger partial charge in [-0.3, -0.25) is 14.5 Å². The molecule has 9 heteroatoms. The van der Waals surface area contributed by atoms with Crippen LogP contribution in [0.2, 0.25) is 10.0 Å². The predicted molar refractivity (Wildman–Crippen MR) is 125 cm³/mol. The number of imide groups is 1. The van der Waals surface area contributed by atoms with E-state index in [9.17, 15) is 27.2 Å². The quantitative estimate of drug-likeness (QED) is 0.191. The summed E-state index contributed by atoms with van der Waals surface area (Å²) in [6.07, 6.45) is -4.53. The minimum absolute atomic E-state index is 0.0555. The number of fused-ring (bicyclic) bond motifs is 1. The van der Waals surface area contributed by atoms with Crippen LogP contribution in [0.25, 0.3) is 0 Å². The van der Waals surface area contributed by atoms with Gasteiger partial charge in [0, 0.05) is 0 Å². The molecule has 182 valence electrons. The lowest BCUT2D eigenvalue weighted by Gasteiger charge is -2.27. The van der Waals surface area contributed by atoms with Crippen LogP contribution in [0.1, 0.15) is 50.2 Å². The molecule has 0 radical (unpaired) electrons. The van der Waals surface area contributed by atoms with Crippen LogP contribution in [-0.2, 0) is 13.0 Å². The van der Waals surface area contributed by atoms with Crippen molar-refractivity contribution in [2.75, 3.05) is 0 Å². The van der Waals surface area contributed by atoms with Crippen LogP contribution in [0.3, 0.4) is 0 Å². The van der Waals surface area contributed by atoms with E-state index in [-0.39, 0.29) is 30.3 Å². The Balaban J connectivity index is 1.50. The molecule has 0 N–H and O–H groups in total. The second kappa shape index (κ2) is 9.63. The van der Waals surface area contributed by atoms with Gasteiger partial charge in [-0.05, 0) is 53.3 Å². The summed E-state index contributed by atoms with van der Waals surface area (Å²) < 4.78 is 55.6. The van der Waals surface area contributed by atoms with E-state index in [1.165, 1.54) is 6.92 Å². The zero-order valence-corrected chi connectivity index (χ0v) is 19.9. The van der Waals surface area contributed by atoms with Crippen LogP contribution in [0.4, 0.5) is 17.6 Å². The molecule has 3 nitrogen and oxygen atoms in total. The van der Waals surface area contributed by atoms with Crippen LogP contribution < -0.4 is 0 Å². The van der Waals surface area contributed by atoms with Crippen molar-refractivity contribution < 1.29 is 27.2 Å². The molecule has 1 aliphatic rings. The Kier molecular flexibility index (Phi) is 6.93. The number of benzene rings is 3. The summed E-state index contributed by atoms with van der Waals surface area (Å²) >= 11 is 11.5. The molecule has 3 aromatic rings. The number of alkyl halides is 3. The van der Waals surface area contributed by atoms with E-state index in [1.807, 2.05) is 0 Å². The number of halogens is 6. The van der Waals surface area contributed by atoms with Crippen molar-refractivity contribution in [2.24, 2.45) is 5.92 Å². The van der Waals surface area contributed by atoms with Gasteiger partial charge in [-0.2, -0.15) is 13.2 Å². The maximum absolute atomic E-state index is 14.0. The Morgan fingerprint density at radius 3 is 1.83 bits per heavy atom. The molecule has 0 aliphatic carbocycles. The molecule has 0 saturated carbocycles. The predicted octanol–water partition coefficient (Wildman–Crippen LogP) is 7.45. The van der Waals surface area contributed by atoms with E-state index < -0.39 is 33.9 Å². The highest BCUT2D eigenvalue weighted by Gasteiger charge is 2.44. The van der Waals surface area contributed by atoms with E-state index in [0.29, 0.717) is 22.3 Å². The standard InChI is InChI=1S/C26H19Cl2F4NO2/c1-14(22(26(30,31)32)17-11-20(27)23(29)21(28)12-17)10-15-6-8-16(9-7-15)13-33-24(34)18-4-2-3-5-19(18)25(33)35/h2-9,11-12,14,22H,10,13H2,1H3. The number of nitrogens with zero attached hydrogens (tertiary/aromatic N) is 1. The second-order valence-electron chi connectivity index (χ2n) is 8.56. The first kappa shape index (κ1) is 25.2. The van der Waals surface area contributed by atoms with E-state index >= 15 is 0 Å². The number of amides is 2. The third-order valence-corrected chi connectivity index (χ3v) is 6.64. The normalized spacial score (nSPS) is 15.3. The van der Waals surface area contributed by atoms with Gasteiger partial charge in [0.05, 0.1) is 33.6 Å². The Hall–Kier alpha value is -2.90. The van der Waals surface area contributed by atoms with E-state index in [2.05, 4.69) is 0 Å². The van der Waals surface area contributed by atoms with Crippen LogP contribution in [0.5, 0.6) is 0 Å². The molecule has 2 atom stereocenters. The molecule has 0 aromatic heterocycles. The summed E-state index contributed by atoms with van der Waals surface area (Å²) in [6.45, 7) is 1.51. The Morgan fingerprint density at radius 2 is 1.34 bits per heavy atom. The lowest BCUT2D eigenvalue weighted by Crippen LogP contribution is -2.29. The minimum atomic E-state index is -4.60. The molecular formula is C26H19Cl2F4NO2. The minimum Gasteiger partial charge on any atom is -0.270 e. The molecule has 1 heterocycles. The Labute approximate surface area is 209 Å². The van der Waals surface area contributed by atoms with E-state index in [1.54, 1.807) is 48.5 Å². The summed E-state index contributed by atoms with van der Waals surface area (Å²) in [5.74, 6) is -4.54. The molecule has 35 heavy (non-hydrogen) atoms. The third-order valence-electron chi connectivity index (χ3n) is 6.09. The summed E-state index contributed by atoms with van der Waals surface area (Å²) in [4.78, 5) is 26.2. The van der Waals surface area contributed by atoms with Crippen molar-refractivity contribution in [3.05, 3.63) is 104 Å². The first-order valence-electron chi connectivity index (χ1n) is 10.7. The van der Waals surface area contributed by atoms with Gasteiger partial charge in [0.15, 0.2) is 5.82 Å². The summed E-state index contributed by atoms with van der Waals surface area (Å²) in [6, 6.07) is 15.2. The molecular weight excluding hydrogens is 505 g/mol. The fourth-order valence-corrected chi connectivity index (χ4v) is 4.93. The summed E-state index contributed by atoms with van der Waals surface area (Å²) in [5.41, 5.74) is 1.80. The third kappa shape index (κ3) is 5.07. The molecule has 4 rings (SSSR count). The zero-order valence-electron chi connectivity index (χ0n) is 18.4. The van der Waals surface area contributed by atoms with Gasteiger partial charge in [0.2, 0.25) is 0 Å². The number of hydrogen-bond donors (Lipinski definition) is 0. The second-order valence-corrected chi connectivity index (χ2v) is 9.37. The number of carbonyl (C=O) groups excluding carboxylic acids is 2. The van der Waals surface area contributed by atoms with Crippen molar-refractivity contribution in [2.45, 2.75) is 32.0 Å². The molecule has 1 aliphatic heterocycles. The Bertz CT molecular complexity index is 1230. The smallest absolute Gasteiger partial charge is 0.270 e. The van der Waals surface area contributed by atoms with E-state index in [0.717, 1.165) is 17.0 Å². The highest BCUT2D eigenvalue weighted by molar-refractivity contribution is 6.35. The lowest BCUT2D eigenvalue weighted by molar-refractivity contribution is -0.160. The van der Waals surface area contributed by atoms with Gasteiger partial charge in [0.1, 0.15) is 0 Å². The molecule has 3 aromatic carbocycles. The van der Waals surface area contributed by atoms with Crippen molar-refractivity contribution >= 4 is 35.0 Å². The molecule has 0 spiro atoms. The monoisotopic (exact) mass is 523 g/mol. The fourth-order valence-electron chi connectivity index (χ4n) is 4.43. The van der Waals surface area contributed by atoms with Gasteiger partial charge in [0.25, 0.3) is 11.8 Å². The average Bonchev–Trinajstić information content (AvgIpc) is 3.03. The SMILES string of the molecule is CC(Cc1ccc(CN2C(=O)c3ccccc3C2=O)cc1)C(c1cc(Cl)c(F)c(Cl)c1)C(F)(F)F. The molecule has 2 amide bonds. The first-order valence-corrected chi connectivity index (χ1v) is 11.5. The van der Waals surface area contributed by atoms with Crippen molar-refractivity contribution in [3.63, 3.8) is 0 Å². The molecule has 0 fully saturated rings.